The third-order valence-electron chi connectivity index (χ3n) is 8.09. The number of aromatic nitrogens is 2. The number of rotatable bonds is 9. The molecular formula is C36H45BFN4O3. The molecule has 3 heterocycles. The van der Waals surface area contributed by atoms with E-state index in [9.17, 15) is 14.0 Å². The molecule has 4 aromatic rings. The van der Waals surface area contributed by atoms with Crippen molar-refractivity contribution >= 4 is 35.5 Å². The maximum atomic E-state index is 13.4. The lowest BCUT2D eigenvalue weighted by Crippen LogP contribution is -2.30. The van der Waals surface area contributed by atoms with Crippen molar-refractivity contribution in [3.63, 3.8) is 0 Å². The normalized spacial score (nSPS) is 13.8. The fraction of sp³-hybridized carbons (Fsp3) is 0.389. The second-order valence-corrected chi connectivity index (χ2v) is 11.0. The molecule has 7 nitrogen and oxygen atoms in total. The number of nitrogens with one attached hydrogen (secondary N) is 1. The summed E-state index contributed by atoms with van der Waals surface area (Å²) in [6.07, 6.45) is 2.31. The summed E-state index contributed by atoms with van der Waals surface area (Å²) in [5.41, 5.74) is 14.8. The Labute approximate surface area is 267 Å². The van der Waals surface area contributed by atoms with E-state index >= 15 is 0 Å². The summed E-state index contributed by atoms with van der Waals surface area (Å²) in [7, 11) is 4.16. The second-order valence-electron chi connectivity index (χ2n) is 11.0. The molecule has 2 amide bonds. The maximum absolute atomic E-state index is 13.4. The van der Waals surface area contributed by atoms with Crippen LogP contribution in [0.1, 0.15) is 83.9 Å². The average Bonchev–Trinajstić information content (AvgIpc) is 3.49. The van der Waals surface area contributed by atoms with Crippen LogP contribution in [-0.4, -0.2) is 49.9 Å². The highest BCUT2D eigenvalue weighted by Gasteiger charge is 2.32. The van der Waals surface area contributed by atoms with Crippen LogP contribution in [0.3, 0.4) is 0 Å². The molecule has 9 heteroatoms. The number of amides is 2. The summed E-state index contributed by atoms with van der Waals surface area (Å²) < 4.78 is 15.1. The van der Waals surface area contributed by atoms with Gasteiger partial charge in [0.25, 0.3) is 5.91 Å². The zero-order valence-corrected chi connectivity index (χ0v) is 27.8. The number of primary amides is 1. The van der Waals surface area contributed by atoms with Crippen molar-refractivity contribution in [2.75, 3.05) is 20.8 Å². The van der Waals surface area contributed by atoms with E-state index in [1.54, 1.807) is 13.2 Å². The molecule has 1 aliphatic rings. The number of fused-ring (bicyclic) bond motifs is 2. The highest BCUT2D eigenvalue weighted by molar-refractivity contribution is 6.58. The summed E-state index contributed by atoms with van der Waals surface area (Å²) in [6.45, 7) is 12.5. The Hall–Kier alpha value is -4.27. The number of nitrogens with two attached hydrogens (primary N) is 1. The minimum Gasteiger partial charge on any atom is -0.494 e. The molecule has 45 heavy (non-hydrogen) atoms. The van der Waals surface area contributed by atoms with E-state index < -0.39 is 0 Å². The lowest BCUT2D eigenvalue weighted by molar-refractivity contribution is -0.119. The minimum absolute atomic E-state index is 0.0403. The highest BCUT2D eigenvalue weighted by Crippen LogP contribution is 2.33. The fourth-order valence-corrected chi connectivity index (χ4v) is 5.63. The van der Waals surface area contributed by atoms with Gasteiger partial charge in [-0.05, 0) is 68.1 Å². The Morgan fingerprint density at radius 1 is 1.07 bits per heavy atom. The topological polar surface area (TPSA) is 107 Å². The number of carbonyl (C=O) groups excluding carboxylic acids is 2. The number of pyridine rings is 2. The van der Waals surface area contributed by atoms with Crippen LogP contribution < -0.4 is 21.3 Å². The fourth-order valence-electron chi connectivity index (χ4n) is 5.63. The molecule has 3 N–H and O–H groups in total. The molecule has 0 saturated heterocycles. The molecule has 2 atom stereocenters. The molecule has 2 aromatic heterocycles. The Morgan fingerprint density at radius 3 is 2.38 bits per heavy atom. The molecule has 2 aromatic carbocycles. The van der Waals surface area contributed by atoms with E-state index in [4.69, 9.17) is 15.5 Å². The van der Waals surface area contributed by atoms with Crippen molar-refractivity contribution in [1.29, 1.82) is 0 Å². The lowest BCUT2D eigenvalue weighted by Gasteiger charge is -2.21. The smallest absolute Gasteiger partial charge is 0.251 e. The Balaban J connectivity index is 0.00000133. The molecule has 1 aliphatic heterocycles. The van der Waals surface area contributed by atoms with Gasteiger partial charge in [0.1, 0.15) is 11.3 Å². The van der Waals surface area contributed by atoms with Gasteiger partial charge in [0, 0.05) is 34.8 Å². The predicted octanol–water partition coefficient (Wildman–Crippen LogP) is 6.49. The molecule has 0 fully saturated rings. The standard InChI is InChI=1S/C33H36BN4O3.C2H6.CH3F/c1-6-7-22(17-36-33(40)24-13-23-12-19(3)20(4)37-30(23)28(14-24)41-5)27-15-25-26(32(35)39)16-34-29(25)31(38-27)21-10-8-18(2)9-11-21;2*1-2/h8-15,22,26H,6-7,16-17H2,1-5H3,(H2,35,39)(H,36,40);1-2H3;1H3. The number of aryl methyl sites for hydroxylation is 3. The van der Waals surface area contributed by atoms with Gasteiger partial charge >= 0.3 is 0 Å². The van der Waals surface area contributed by atoms with Crippen LogP contribution in [0.5, 0.6) is 5.75 Å². The Bertz CT molecular complexity index is 1640. The number of alkyl halides is 1. The van der Waals surface area contributed by atoms with Crippen LogP contribution in [0, 0.1) is 20.8 Å². The summed E-state index contributed by atoms with van der Waals surface area (Å²) in [5, 5.41) is 4.00. The number of methoxy groups -OCH3 is 1. The molecule has 237 valence electrons. The maximum Gasteiger partial charge on any atom is 0.251 e. The zero-order valence-electron chi connectivity index (χ0n) is 27.8. The van der Waals surface area contributed by atoms with E-state index in [0.29, 0.717) is 31.4 Å². The number of hydrogen-bond acceptors (Lipinski definition) is 5. The van der Waals surface area contributed by atoms with Crippen molar-refractivity contribution in [2.45, 2.75) is 72.5 Å². The second kappa shape index (κ2) is 16.2. The largest absolute Gasteiger partial charge is 0.494 e. The van der Waals surface area contributed by atoms with Crippen LogP contribution >= 0.6 is 0 Å². The van der Waals surface area contributed by atoms with Gasteiger partial charge in [-0.15, -0.1) is 0 Å². The van der Waals surface area contributed by atoms with Crippen molar-refractivity contribution in [2.24, 2.45) is 5.73 Å². The van der Waals surface area contributed by atoms with Gasteiger partial charge in [0.15, 0.2) is 7.28 Å². The van der Waals surface area contributed by atoms with E-state index in [-0.39, 0.29) is 23.7 Å². The van der Waals surface area contributed by atoms with Crippen molar-refractivity contribution in [1.82, 2.24) is 15.3 Å². The van der Waals surface area contributed by atoms with Crippen molar-refractivity contribution in [3.05, 3.63) is 82.2 Å². The van der Waals surface area contributed by atoms with Crippen LogP contribution in [0.25, 0.3) is 22.2 Å². The number of ether oxygens (including phenoxy) is 1. The van der Waals surface area contributed by atoms with Crippen molar-refractivity contribution < 1.29 is 18.7 Å². The van der Waals surface area contributed by atoms with Gasteiger partial charge in [-0.3, -0.25) is 19.0 Å². The zero-order chi connectivity index (χ0) is 33.3. The first-order chi connectivity index (χ1) is 21.7. The molecule has 0 spiro atoms. The number of hydrogen-bond donors (Lipinski definition) is 2. The molecule has 5 rings (SSSR count). The van der Waals surface area contributed by atoms with Crippen LogP contribution in [-0.2, 0) is 4.79 Å². The summed E-state index contributed by atoms with van der Waals surface area (Å²) in [4.78, 5) is 35.6. The summed E-state index contributed by atoms with van der Waals surface area (Å²) in [5.74, 6) is -0.372. The number of nitrogens with zero attached hydrogens (tertiary/aromatic N) is 2. The first-order valence-corrected chi connectivity index (χ1v) is 15.6. The Kier molecular flexibility index (Phi) is 12.6. The number of halogens is 1. The SMILES string of the molecule is CC.CCCC(CNC(=O)c1cc(OC)c2nc(C)c(C)cc2c1)c1cc2c(c(-c3ccc(C)cc3)n1)[B]CC2C(N)=O.CF. The van der Waals surface area contributed by atoms with Gasteiger partial charge in [-0.25, -0.2) is 4.98 Å². The monoisotopic (exact) mass is 611 g/mol. The lowest BCUT2D eigenvalue weighted by atomic mass is 9.69. The molecule has 1 radical (unpaired) electrons. The van der Waals surface area contributed by atoms with E-state index in [1.807, 2.05) is 45.9 Å². The summed E-state index contributed by atoms with van der Waals surface area (Å²) in [6, 6.07) is 15.9. The quantitative estimate of drug-likeness (QED) is 0.211. The average molecular weight is 612 g/mol. The van der Waals surface area contributed by atoms with Crippen LogP contribution in [0.2, 0.25) is 6.32 Å². The molecule has 0 saturated carbocycles. The Morgan fingerprint density at radius 2 is 1.76 bits per heavy atom. The van der Waals surface area contributed by atoms with Crippen LogP contribution in [0.4, 0.5) is 4.39 Å². The van der Waals surface area contributed by atoms with Gasteiger partial charge < -0.3 is 15.8 Å². The molecule has 0 aliphatic carbocycles. The first kappa shape index (κ1) is 35.2. The molecule has 0 bridgehead atoms. The third kappa shape index (κ3) is 7.88. The summed E-state index contributed by atoms with van der Waals surface area (Å²) >= 11 is 0. The van der Waals surface area contributed by atoms with E-state index in [2.05, 4.69) is 55.7 Å². The van der Waals surface area contributed by atoms with E-state index in [0.717, 1.165) is 63.0 Å². The van der Waals surface area contributed by atoms with Gasteiger partial charge in [-0.2, -0.15) is 0 Å². The van der Waals surface area contributed by atoms with Gasteiger partial charge in [0.05, 0.1) is 25.9 Å². The minimum atomic E-state index is -0.376. The number of carbonyl (C=O) groups is 2. The predicted molar refractivity (Wildman–Crippen MR) is 183 cm³/mol. The molecule has 2 unspecified atom stereocenters. The first-order valence-electron chi connectivity index (χ1n) is 15.6. The van der Waals surface area contributed by atoms with Gasteiger partial charge in [0.2, 0.25) is 5.91 Å². The van der Waals surface area contributed by atoms with Crippen molar-refractivity contribution in [3.8, 4) is 17.0 Å². The number of benzene rings is 2. The van der Waals surface area contributed by atoms with E-state index in [1.165, 1.54) is 5.56 Å². The van der Waals surface area contributed by atoms with Crippen LogP contribution in [0.15, 0.2) is 48.5 Å². The third-order valence-corrected chi connectivity index (χ3v) is 8.09. The highest BCUT2D eigenvalue weighted by atomic mass is 19.1. The molecular weight excluding hydrogens is 566 g/mol. The van der Waals surface area contributed by atoms with Gasteiger partial charge in [-0.1, -0.05) is 68.8 Å².